The van der Waals surface area contributed by atoms with Crippen LogP contribution < -0.4 is 10.6 Å². The van der Waals surface area contributed by atoms with E-state index in [0.717, 1.165) is 28.7 Å². The quantitative estimate of drug-likeness (QED) is 0.0483. The number of nitrogens with two attached hydrogens (primary N) is 1. The van der Waals surface area contributed by atoms with Gasteiger partial charge in [-0.3, -0.25) is 0 Å². The second-order valence-corrected chi connectivity index (χ2v) is 31.3. The van der Waals surface area contributed by atoms with Crippen molar-refractivity contribution in [3.05, 3.63) is 139 Å². The van der Waals surface area contributed by atoms with Gasteiger partial charge >= 0.3 is 37.9 Å². The minimum absolute atomic E-state index is 0. The Morgan fingerprint density at radius 3 is 2.04 bits per heavy atom. The SMILES string of the molecule is CCCCC1CC2C(c3ccccc3-c3ccccc3)=CC=CC2C1[Si](C)(C)C1C(C)CC2C(c3cc(C(C)(C)C)c(OC)c(C(C)(C)C)c3)=C3CCCC3=CC21.N#CCN=N/N=N/N=N/N.[CH3-].[CH3-].[Cl][Zr+2][Cl]. The molecular weight excluding hydrogens is 1030 g/mol. The first-order chi connectivity index (χ1) is 33.5. The monoisotopic (exact) mass is 1110 g/mol. The summed E-state index contributed by atoms with van der Waals surface area (Å²) in [6, 6.07) is 27.3. The number of allylic oxidation sites excluding steroid dienone is 8. The molecule has 3 fully saturated rings. The molecule has 8 rings (SSSR count). The van der Waals surface area contributed by atoms with Crippen molar-refractivity contribution in [2.45, 2.75) is 142 Å². The minimum atomic E-state index is -1.87. The number of nitrogens with zero attached hydrogens (tertiary/aromatic N) is 7. The standard InChI is InChI=1S/C55H72OSi.C2H4N8.2CH3.2ClH.Zr/c1-12-13-21-38-32-45-43(42-26-18-17-25-40(42)36-22-15-14-16-23-36)28-20-29-44(45)53(38)57(10,11)52-35(2)30-46-47(52)31-37-24-19-27-41(37)50(46)39-33-48(54(3,4)5)51(56-9)49(34-39)55(6,7)8;3-1-2-5-7-9-10-8-6-4;;;;;/h14-18,20,22-23,25-26,28-29,31,33-35,38,44-47,52-53H,12-13,19,21,24,27,30,32H2,1-11H3;2H2,(H2,4,5,8,9);2*1H3;2*1H;/q;;2*-1;;;+4/p-2. The van der Waals surface area contributed by atoms with Crippen molar-refractivity contribution < 1.29 is 25.6 Å². The van der Waals surface area contributed by atoms with E-state index >= 15 is 0 Å². The van der Waals surface area contributed by atoms with E-state index in [1.165, 1.54) is 84.7 Å². The number of methoxy groups -OCH3 is 1. The molecule has 0 amide bonds. The molecule has 0 radical (unpaired) electrons. The van der Waals surface area contributed by atoms with Crippen molar-refractivity contribution in [1.82, 2.24) is 0 Å². The summed E-state index contributed by atoms with van der Waals surface area (Å²) in [5, 5.41) is 25.8. The normalized spacial score (nSPS) is 24.3. The number of benzene rings is 3. The Bertz CT molecular complexity index is 2500. The van der Waals surface area contributed by atoms with Gasteiger partial charge in [-0.25, -0.2) is 0 Å². The number of hydrogen-bond donors (Lipinski definition) is 1. The van der Waals surface area contributed by atoms with Crippen molar-refractivity contribution in [1.29, 1.82) is 5.26 Å². The Labute approximate surface area is 454 Å². The van der Waals surface area contributed by atoms with E-state index in [1.54, 1.807) is 28.4 Å². The summed E-state index contributed by atoms with van der Waals surface area (Å²) in [6.07, 6.45) is 21.0. The topological polar surface area (TPSA) is 133 Å². The zero-order valence-electron chi connectivity index (χ0n) is 45.5. The van der Waals surface area contributed by atoms with Crippen LogP contribution in [0, 0.1) is 61.7 Å². The summed E-state index contributed by atoms with van der Waals surface area (Å²) in [5.41, 5.74) is 16.7. The van der Waals surface area contributed by atoms with Gasteiger partial charge < -0.3 is 25.4 Å². The van der Waals surface area contributed by atoms with Crippen molar-refractivity contribution >= 4 is 36.2 Å². The van der Waals surface area contributed by atoms with Crippen LogP contribution in [0.15, 0.2) is 133 Å². The number of hydrogen-bond acceptors (Lipinski definition) is 4. The molecule has 386 valence electrons. The molecule has 0 aliphatic heterocycles. The van der Waals surface area contributed by atoms with Gasteiger partial charge in [0.05, 0.1) is 21.3 Å². The van der Waals surface area contributed by atoms with Crippen LogP contribution in [-0.2, 0) is 31.7 Å². The number of fused-ring (bicyclic) bond motifs is 3. The third-order valence-electron chi connectivity index (χ3n) is 16.0. The second-order valence-electron chi connectivity index (χ2n) is 22.6. The van der Waals surface area contributed by atoms with Gasteiger partial charge in [-0.1, -0.05) is 172 Å². The van der Waals surface area contributed by atoms with Gasteiger partial charge in [0.15, 0.2) is 0 Å². The fourth-order valence-electron chi connectivity index (χ4n) is 13.6. The molecule has 3 aromatic rings. The second kappa shape index (κ2) is 27.1. The molecule has 5 aliphatic carbocycles. The Hall–Kier alpha value is -3.81. The van der Waals surface area contributed by atoms with Gasteiger partial charge in [-0.05, 0) is 167 Å². The maximum absolute atomic E-state index is 7.93. The van der Waals surface area contributed by atoms with Gasteiger partial charge in [-0.15, -0.1) is 0 Å². The molecule has 72 heavy (non-hydrogen) atoms. The summed E-state index contributed by atoms with van der Waals surface area (Å²) >= 11 is -0.826. The van der Waals surface area contributed by atoms with E-state index in [9.17, 15) is 0 Å². The molecule has 13 heteroatoms. The molecule has 0 aromatic heterocycles. The number of unbranched alkanes of at least 4 members (excludes halogenated alkanes) is 1. The van der Waals surface area contributed by atoms with Crippen molar-refractivity contribution in [3.8, 4) is 22.9 Å². The van der Waals surface area contributed by atoms with Crippen molar-refractivity contribution in [2.75, 3.05) is 13.7 Å². The van der Waals surface area contributed by atoms with E-state index in [4.69, 9.17) is 27.0 Å². The molecule has 3 aromatic carbocycles. The maximum atomic E-state index is 7.93. The molecule has 2 N–H and O–H groups in total. The van der Waals surface area contributed by atoms with Gasteiger partial charge in [0.1, 0.15) is 12.3 Å². The van der Waals surface area contributed by atoms with Crippen molar-refractivity contribution in [3.63, 3.8) is 0 Å². The Morgan fingerprint density at radius 2 is 1.44 bits per heavy atom. The molecule has 9 nitrogen and oxygen atoms in total. The fraction of sp³-hybridized carbons (Fsp3) is 0.508. The number of nitriles is 1. The number of rotatable bonds is 12. The summed E-state index contributed by atoms with van der Waals surface area (Å²) in [7, 11) is 9.88. The van der Waals surface area contributed by atoms with E-state index in [-0.39, 0.29) is 32.2 Å². The van der Waals surface area contributed by atoms with Gasteiger partial charge in [0.25, 0.3) is 0 Å². The van der Waals surface area contributed by atoms with E-state index in [1.807, 2.05) is 7.11 Å². The van der Waals surface area contributed by atoms with Gasteiger partial charge in [0.2, 0.25) is 0 Å². The predicted molar refractivity (Wildman–Crippen MR) is 302 cm³/mol. The predicted octanol–water partition coefficient (Wildman–Crippen LogP) is 18.5. The molecule has 0 saturated heterocycles. The van der Waals surface area contributed by atoms with Gasteiger partial charge in [0, 0.05) is 11.1 Å². The molecule has 8 unspecified atom stereocenters. The molecule has 5 aliphatic rings. The van der Waals surface area contributed by atoms with Crippen LogP contribution >= 0.6 is 17.0 Å². The number of halogens is 2. The average molecular weight is 1110 g/mol. The van der Waals surface area contributed by atoms with Crippen LogP contribution in [0.4, 0.5) is 0 Å². The van der Waals surface area contributed by atoms with E-state index < -0.39 is 28.9 Å². The average Bonchev–Trinajstić information content (AvgIpc) is 4.06. The zero-order valence-corrected chi connectivity index (χ0v) is 50.5. The summed E-state index contributed by atoms with van der Waals surface area (Å²) in [4.78, 5) is 0. The van der Waals surface area contributed by atoms with Crippen LogP contribution in [0.25, 0.3) is 22.3 Å². The first-order valence-electron chi connectivity index (χ1n) is 25.4. The molecule has 0 heterocycles. The Morgan fingerprint density at radius 1 is 0.819 bits per heavy atom. The third kappa shape index (κ3) is 13.5. The number of ether oxygens (including phenoxy) is 1. The van der Waals surface area contributed by atoms with Crippen LogP contribution in [0.3, 0.4) is 0 Å². The first-order valence-corrected chi connectivity index (χ1v) is 34.9. The Balaban J connectivity index is 0.000000666. The van der Waals surface area contributed by atoms with Crippen LogP contribution in [0.1, 0.15) is 129 Å². The Kier molecular flexibility index (Phi) is 22.9. The molecule has 3 saturated carbocycles. The summed E-state index contributed by atoms with van der Waals surface area (Å²) in [6.45, 7) is 25.0. The third-order valence-corrected chi connectivity index (χ3v) is 21.2. The van der Waals surface area contributed by atoms with Crippen molar-refractivity contribution in [2.24, 2.45) is 72.6 Å². The van der Waals surface area contributed by atoms with E-state index in [2.05, 4.69) is 197 Å². The van der Waals surface area contributed by atoms with Gasteiger partial charge in [-0.2, -0.15) is 10.4 Å². The van der Waals surface area contributed by atoms with Crippen LogP contribution in [0.2, 0.25) is 24.2 Å². The molecule has 0 bridgehead atoms. The first kappa shape index (κ1) is 60.7. The molecule has 0 spiro atoms. The summed E-state index contributed by atoms with van der Waals surface area (Å²) < 4.78 is 6.30. The van der Waals surface area contributed by atoms with Crippen LogP contribution in [-0.4, -0.2) is 21.7 Å². The fourth-order valence-corrected chi connectivity index (χ4v) is 19.9. The molecular formula is C59H82Cl2N8OSiZr. The van der Waals surface area contributed by atoms with E-state index in [0.29, 0.717) is 23.7 Å². The van der Waals surface area contributed by atoms with Crippen LogP contribution in [0.5, 0.6) is 5.75 Å². The summed E-state index contributed by atoms with van der Waals surface area (Å²) in [5.74, 6) is 9.63. The zero-order chi connectivity index (χ0) is 50.8. The molecule has 8 atom stereocenters.